The molecule has 0 fully saturated rings. The maximum absolute atomic E-state index is 11.9. The van der Waals surface area contributed by atoms with Crippen LogP contribution in [0.2, 0.25) is 0 Å². The number of hydrogen-bond donors (Lipinski definition) is 5. The Morgan fingerprint density at radius 3 is 1.58 bits per heavy atom. The highest BCUT2D eigenvalue weighted by molar-refractivity contribution is 5.94. The van der Waals surface area contributed by atoms with Gasteiger partial charge >= 0.3 is 17.9 Å². The number of nitrogens with one attached hydrogen (secondary N) is 2. The van der Waals surface area contributed by atoms with Crippen molar-refractivity contribution in [3.05, 3.63) is 34.9 Å². The Bertz CT molecular complexity index is 1780. The Kier molecular flexibility index (Phi) is 7.22. The second-order valence-electron chi connectivity index (χ2n) is 8.35. The summed E-state index contributed by atoms with van der Waals surface area (Å²) in [5.41, 5.74) is 13.5. The van der Waals surface area contributed by atoms with E-state index >= 15 is 0 Å². The fourth-order valence-corrected chi connectivity index (χ4v) is 3.59. The lowest BCUT2D eigenvalue weighted by molar-refractivity contribution is 0.0592. The molecule has 0 aliphatic heterocycles. The summed E-state index contributed by atoms with van der Waals surface area (Å²) in [4.78, 5) is 35.8. The number of anilines is 2. The molecule has 0 unspecified atom stereocenters. The number of nitrogens with two attached hydrogens (primary N) is 2. The number of esters is 2. The molecule has 5 heterocycles. The van der Waals surface area contributed by atoms with Gasteiger partial charge in [0.1, 0.15) is 11.1 Å². The number of aromatic nitrogens is 11. The molecule has 22 heteroatoms. The van der Waals surface area contributed by atoms with Crippen molar-refractivity contribution in [2.75, 3.05) is 25.7 Å². The molecule has 220 valence electrons. The van der Waals surface area contributed by atoms with Gasteiger partial charge in [0.15, 0.2) is 34.6 Å². The van der Waals surface area contributed by atoms with Crippen LogP contribution in [0.15, 0.2) is 32.9 Å². The summed E-state index contributed by atoms with van der Waals surface area (Å²) in [6.07, 6.45) is 2.47. The number of ether oxygens (including phenoxy) is 2. The van der Waals surface area contributed by atoms with Crippen molar-refractivity contribution in [3.63, 3.8) is 0 Å². The Balaban J connectivity index is 1.48. The van der Waals surface area contributed by atoms with Crippen LogP contribution in [0, 0.1) is 13.8 Å². The number of aromatic amines is 2. The molecule has 5 aromatic rings. The molecule has 0 amide bonds. The lowest BCUT2D eigenvalue weighted by Gasteiger charge is -2.06. The second kappa shape index (κ2) is 11.1. The number of nitrogens with zero attached hydrogens (tertiary/aromatic N) is 13. The minimum absolute atomic E-state index is 0.0324. The predicted octanol–water partition coefficient (Wildman–Crippen LogP) is 1.58. The largest absolute Gasteiger partial charge is 0.479 e. The van der Waals surface area contributed by atoms with Gasteiger partial charge in [-0.3, -0.25) is 10.2 Å². The number of nitrogen functional groups attached to an aromatic ring is 2. The highest BCUT2D eigenvalue weighted by Gasteiger charge is 2.22. The molecule has 0 spiro atoms. The van der Waals surface area contributed by atoms with Crippen molar-refractivity contribution in [3.8, 4) is 17.9 Å². The van der Waals surface area contributed by atoms with E-state index in [2.05, 4.69) is 75.5 Å². The normalized spacial score (nSPS) is 11.5. The Hall–Kier alpha value is -6.61. The van der Waals surface area contributed by atoms with Gasteiger partial charge in [-0.1, -0.05) is 0 Å². The zero-order valence-corrected chi connectivity index (χ0v) is 22.7. The fraction of sp³-hybridized carbons (Fsp3) is 0.190. The van der Waals surface area contributed by atoms with Crippen LogP contribution in [0.4, 0.5) is 34.6 Å². The Labute approximate surface area is 238 Å². The summed E-state index contributed by atoms with van der Waals surface area (Å²) in [5.74, 6) is -1.80. The summed E-state index contributed by atoms with van der Waals surface area (Å²) in [6.45, 7) is 3.18. The zero-order valence-electron chi connectivity index (χ0n) is 22.7. The van der Waals surface area contributed by atoms with Crippen molar-refractivity contribution >= 4 is 46.6 Å². The lowest BCUT2D eigenvalue weighted by atomic mass is 10.3. The van der Waals surface area contributed by atoms with Gasteiger partial charge in [0, 0.05) is 0 Å². The lowest BCUT2D eigenvalue weighted by Crippen LogP contribution is -2.13. The molecular formula is C21H21N17O5. The molecule has 0 saturated carbocycles. The molecule has 5 rings (SSSR count). The first-order chi connectivity index (χ1) is 20.6. The van der Waals surface area contributed by atoms with Gasteiger partial charge in [-0.05, 0) is 13.8 Å². The number of H-pyrrole nitrogens is 2. The summed E-state index contributed by atoms with van der Waals surface area (Å²) in [5, 5.41) is 47.6. The van der Waals surface area contributed by atoms with Gasteiger partial charge in [-0.2, -0.15) is 44.7 Å². The van der Waals surface area contributed by atoms with E-state index in [0.29, 0.717) is 11.4 Å². The van der Waals surface area contributed by atoms with Crippen LogP contribution < -0.4 is 11.5 Å². The van der Waals surface area contributed by atoms with Crippen molar-refractivity contribution < 1.29 is 24.2 Å². The third kappa shape index (κ3) is 5.17. The maximum atomic E-state index is 11.9. The molecule has 43 heavy (non-hydrogen) atoms. The molecule has 5 aromatic heterocycles. The van der Waals surface area contributed by atoms with Gasteiger partial charge in [-0.15, -0.1) is 20.5 Å². The van der Waals surface area contributed by atoms with E-state index in [-0.39, 0.29) is 57.7 Å². The molecule has 0 saturated heterocycles. The first-order valence-electron chi connectivity index (χ1n) is 11.9. The third-order valence-corrected chi connectivity index (χ3v) is 5.65. The second-order valence-corrected chi connectivity index (χ2v) is 8.35. The Morgan fingerprint density at radius 1 is 0.767 bits per heavy atom. The van der Waals surface area contributed by atoms with Crippen LogP contribution in [0.5, 0.6) is 6.01 Å². The van der Waals surface area contributed by atoms with Gasteiger partial charge in [0.25, 0.3) is 11.9 Å². The van der Waals surface area contributed by atoms with Crippen molar-refractivity contribution in [1.29, 1.82) is 0 Å². The smallest absolute Gasteiger partial charge is 0.343 e. The number of rotatable bonds is 8. The van der Waals surface area contributed by atoms with E-state index in [9.17, 15) is 14.7 Å². The minimum atomic E-state index is -0.702. The number of aromatic hydroxyl groups is 1. The quantitative estimate of drug-likeness (QED) is 0.126. The number of methoxy groups -OCH3 is 2. The maximum Gasteiger partial charge on any atom is 0.343 e. The van der Waals surface area contributed by atoms with Crippen LogP contribution >= 0.6 is 0 Å². The van der Waals surface area contributed by atoms with E-state index in [1.54, 1.807) is 13.8 Å². The fourth-order valence-electron chi connectivity index (χ4n) is 3.59. The number of hydrogen-bond acceptors (Lipinski definition) is 18. The zero-order chi connectivity index (χ0) is 30.8. The molecule has 0 aliphatic rings. The number of carbonyl (C=O) groups is 2. The summed E-state index contributed by atoms with van der Waals surface area (Å²) in [7, 11) is 2.43. The molecule has 22 nitrogen and oxygen atoms in total. The standard InChI is InChI=1S/C21H21N17O5/c1-7-11(29-33-15-9(5-24-31-15)17(39)42-3)13(22)37(35-7)19-26-20(28-21(41)27-19)38-14(23)12(8(2)36-38)30-34-16-10(6-25-32-16)18(40)43-4/h5-6H,22-23H2,1-4H3,(H,24,31)(H,25,32)(H,26,27,28,41)/b33-29+,34-30+. The van der Waals surface area contributed by atoms with Crippen LogP contribution in [0.1, 0.15) is 32.1 Å². The van der Waals surface area contributed by atoms with Gasteiger partial charge in [0.2, 0.25) is 0 Å². The van der Waals surface area contributed by atoms with E-state index in [0.717, 1.165) is 9.36 Å². The topological polar surface area (TPSA) is 306 Å². The molecule has 0 bridgehead atoms. The molecular weight excluding hydrogens is 570 g/mol. The average Bonchev–Trinajstić information content (AvgIpc) is 3.77. The monoisotopic (exact) mass is 591 g/mol. The summed E-state index contributed by atoms with van der Waals surface area (Å²) >= 11 is 0. The van der Waals surface area contributed by atoms with Crippen LogP contribution in [-0.4, -0.2) is 86.2 Å². The number of azo groups is 2. The first kappa shape index (κ1) is 27.9. The summed E-state index contributed by atoms with van der Waals surface area (Å²) < 4.78 is 11.5. The average molecular weight is 592 g/mol. The SMILES string of the molecule is COC(=O)c1cn[nH]c1/N=N/c1c(C)nn(-c2nc(O)nc(-n3nc(C)c(/N=N/c4[nH]ncc4C(=O)OC)c3N)n2)c1N. The molecule has 0 atom stereocenters. The highest BCUT2D eigenvalue weighted by atomic mass is 16.5. The number of aryl methyl sites for hydroxylation is 2. The van der Waals surface area contributed by atoms with Gasteiger partial charge < -0.3 is 26.0 Å². The van der Waals surface area contributed by atoms with Crippen LogP contribution in [-0.2, 0) is 9.47 Å². The van der Waals surface area contributed by atoms with E-state index in [4.69, 9.17) is 11.5 Å². The number of carbonyl (C=O) groups excluding carboxylic acids is 2. The minimum Gasteiger partial charge on any atom is -0.479 e. The summed E-state index contributed by atoms with van der Waals surface area (Å²) in [6, 6.07) is -0.702. The molecule has 0 aliphatic carbocycles. The third-order valence-electron chi connectivity index (χ3n) is 5.65. The van der Waals surface area contributed by atoms with Crippen LogP contribution in [0.3, 0.4) is 0 Å². The molecule has 0 aromatic carbocycles. The molecule has 0 radical (unpaired) electrons. The van der Waals surface area contributed by atoms with E-state index < -0.39 is 17.9 Å². The van der Waals surface area contributed by atoms with Gasteiger partial charge in [0.05, 0.1) is 38.0 Å². The highest BCUT2D eigenvalue weighted by Crippen LogP contribution is 2.32. The van der Waals surface area contributed by atoms with Crippen molar-refractivity contribution in [2.45, 2.75) is 13.8 Å². The van der Waals surface area contributed by atoms with Crippen LogP contribution in [0.25, 0.3) is 11.9 Å². The first-order valence-corrected chi connectivity index (χ1v) is 11.9. The van der Waals surface area contributed by atoms with Crippen molar-refractivity contribution in [1.82, 2.24) is 54.9 Å². The Morgan fingerprint density at radius 2 is 1.19 bits per heavy atom. The predicted molar refractivity (Wildman–Crippen MR) is 142 cm³/mol. The van der Waals surface area contributed by atoms with Gasteiger partial charge in [-0.25, -0.2) is 9.59 Å². The molecule has 7 N–H and O–H groups in total. The van der Waals surface area contributed by atoms with E-state index in [1.807, 2.05) is 0 Å². The van der Waals surface area contributed by atoms with E-state index in [1.165, 1.54) is 26.6 Å². The van der Waals surface area contributed by atoms with Crippen molar-refractivity contribution in [2.24, 2.45) is 20.5 Å².